The third-order valence-corrected chi connectivity index (χ3v) is 2.97. The molecule has 1 N–H and O–H groups in total. The highest BCUT2D eigenvalue weighted by molar-refractivity contribution is 5.24. The average Bonchev–Trinajstić information content (AvgIpc) is 2.32. The molecule has 1 atom stereocenters. The van der Waals surface area contributed by atoms with Gasteiger partial charge < -0.3 is 5.11 Å². The fourth-order valence-corrected chi connectivity index (χ4v) is 2.10. The monoisotopic (exact) mass is 244 g/mol. The zero-order valence-corrected chi connectivity index (χ0v) is 10.4. The summed E-state index contributed by atoms with van der Waals surface area (Å²) in [6.45, 7) is 2.02. The second-order valence-corrected chi connectivity index (χ2v) is 4.64. The second-order valence-electron chi connectivity index (χ2n) is 4.64. The van der Waals surface area contributed by atoms with Crippen molar-refractivity contribution in [2.45, 2.75) is 25.9 Å². The van der Waals surface area contributed by atoms with E-state index in [0.29, 0.717) is 18.4 Å². The molecule has 18 heavy (non-hydrogen) atoms. The third-order valence-electron chi connectivity index (χ3n) is 2.97. The number of halogens is 1. The predicted octanol–water partition coefficient (Wildman–Crippen LogP) is 3.28. The Bertz CT molecular complexity index is 522. The van der Waals surface area contributed by atoms with E-state index < -0.39 is 6.10 Å². The fourth-order valence-electron chi connectivity index (χ4n) is 2.10. The van der Waals surface area contributed by atoms with Gasteiger partial charge >= 0.3 is 0 Å². The normalized spacial score (nSPS) is 12.4. The Kier molecular flexibility index (Phi) is 4.11. The van der Waals surface area contributed by atoms with Gasteiger partial charge in [-0.15, -0.1) is 0 Å². The lowest BCUT2D eigenvalue weighted by Crippen LogP contribution is -2.14. The minimum Gasteiger partial charge on any atom is -0.392 e. The minimum absolute atomic E-state index is 0.249. The van der Waals surface area contributed by atoms with Crippen LogP contribution in [0.1, 0.15) is 16.7 Å². The molecule has 0 fully saturated rings. The van der Waals surface area contributed by atoms with Gasteiger partial charge in [0.1, 0.15) is 5.82 Å². The molecule has 0 saturated heterocycles. The Morgan fingerprint density at radius 1 is 1.06 bits per heavy atom. The number of rotatable bonds is 4. The molecule has 2 aromatic carbocycles. The molecular weight excluding hydrogens is 227 g/mol. The van der Waals surface area contributed by atoms with Crippen molar-refractivity contribution in [2.24, 2.45) is 0 Å². The maximum absolute atomic E-state index is 13.4. The van der Waals surface area contributed by atoms with Crippen LogP contribution in [0.4, 0.5) is 4.39 Å². The molecule has 0 radical (unpaired) electrons. The summed E-state index contributed by atoms with van der Waals surface area (Å²) in [7, 11) is 0. The standard InChI is InChI=1S/C16H17FO/c1-12-5-4-6-13(9-12)10-15(18)11-14-7-2-3-8-16(14)17/h2-9,15,18H,10-11H2,1H3. The Morgan fingerprint density at radius 3 is 2.56 bits per heavy atom. The van der Waals surface area contributed by atoms with Gasteiger partial charge in [-0.2, -0.15) is 0 Å². The fraction of sp³-hybridized carbons (Fsp3) is 0.250. The van der Waals surface area contributed by atoms with Gasteiger partial charge in [0.25, 0.3) is 0 Å². The van der Waals surface area contributed by atoms with E-state index in [-0.39, 0.29) is 5.82 Å². The van der Waals surface area contributed by atoms with E-state index in [1.54, 1.807) is 18.2 Å². The van der Waals surface area contributed by atoms with E-state index in [4.69, 9.17) is 0 Å². The molecule has 0 amide bonds. The van der Waals surface area contributed by atoms with Crippen LogP contribution in [0.5, 0.6) is 0 Å². The maximum atomic E-state index is 13.4. The highest BCUT2D eigenvalue weighted by atomic mass is 19.1. The first kappa shape index (κ1) is 12.8. The number of aliphatic hydroxyl groups excluding tert-OH is 1. The summed E-state index contributed by atoms with van der Waals surface area (Å²) in [6, 6.07) is 14.6. The first-order valence-electron chi connectivity index (χ1n) is 6.12. The van der Waals surface area contributed by atoms with Crippen LogP contribution in [0.3, 0.4) is 0 Å². The van der Waals surface area contributed by atoms with Crippen LogP contribution in [0.25, 0.3) is 0 Å². The number of aliphatic hydroxyl groups is 1. The summed E-state index contributed by atoms with van der Waals surface area (Å²) in [5.74, 6) is -0.249. The van der Waals surface area contributed by atoms with Crippen LogP contribution >= 0.6 is 0 Å². The number of hydrogen-bond acceptors (Lipinski definition) is 1. The number of hydrogen-bond donors (Lipinski definition) is 1. The zero-order chi connectivity index (χ0) is 13.0. The van der Waals surface area contributed by atoms with E-state index in [1.807, 2.05) is 31.2 Å². The topological polar surface area (TPSA) is 20.2 Å². The molecule has 0 heterocycles. The highest BCUT2D eigenvalue weighted by Crippen LogP contribution is 2.13. The van der Waals surface area contributed by atoms with Crippen molar-refractivity contribution in [3.8, 4) is 0 Å². The highest BCUT2D eigenvalue weighted by Gasteiger charge is 2.09. The number of aryl methyl sites for hydroxylation is 1. The van der Waals surface area contributed by atoms with Crippen molar-refractivity contribution in [3.63, 3.8) is 0 Å². The molecule has 2 heteroatoms. The van der Waals surface area contributed by atoms with E-state index in [9.17, 15) is 9.50 Å². The predicted molar refractivity (Wildman–Crippen MR) is 71.0 cm³/mol. The van der Waals surface area contributed by atoms with Gasteiger partial charge in [0, 0.05) is 6.42 Å². The van der Waals surface area contributed by atoms with Crippen molar-refractivity contribution < 1.29 is 9.50 Å². The van der Waals surface area contributed by atoms with Gasteiger partial charge in [-0.25, -0.2) is 4.39 Å². The molecule has 0 bridgehead atoms. The van der Waals surface area contributed by atoms with Crippen LogP contribution < -0.4 is 0 Å². The molecule has 2 aromatic rings. The third kappa shape index (κ3) is 3.41. The molecular formula is C16H17FO. The Labute approximate surface area is 107 Å². The second kappa shape index (κ2) is 5.78. The molecule has 0 aliphatic carbocycles. The summed E-state index contributed by atoms with van der Waals surface area (Å²) in [5, 5.41) is 10.0. The molecule has 94 valence electrons. The molecule has 0 aromatic heterocycles. The van der Waals surface area contributed by atoms with Gasteiger partial charge in [0.15, 0.2) is 0 Å². The van der Waals surface area contributed by atoms with E-state index in [2.05, 4.69) is 0 Å². The summed E-state index contributed by atoms with van der Waals surface area (Å²) < 4.78 is 13.4. The lowest BCUT2D eigenvalue weighted by molar-refractivity contribution is 0.174. The van der Waals surface area contributed by atoms with Crippen LogP contribution in [-0.4, -0.2) is 11.2 Å². The Balaban J connectivity index is 2.01. The van der Waals surface area contributed by atoms with Crippen molar-refractivity contribution in [1.29, 1.82) is 0 Å². The van der Waals surface area contributed by atoms with E-state index in [1.165, 1.54) is 11.6 Å². The smallest absolute Gasteiger partial charge is 0.126 e. The molecule has 1 nitrogen and oxygen atoms in total. The van der Waals surface area contributed by atoms with E-state index >= 15 is 0 Å². The van der Waals surface area contributed by atoms with Crippen LogP contribution in [-0.2, 0) is 12.8 Å². The average molecular weight is 244 g/mol. The van der Waals surface area contributed by atoms with E-state index in [0.717, 1.165) is 5.56 Å². The van der Waals surface area contributed by atoms with Crippen molar-refractivity contribution in [2.75, 3.05) is 0 Å². The van der Waals surface area contributed by atoms with Crippen molar-refractivity contribution in [1.82, 2.24) is 0 Å². The van der Waals surface area contributed by atoms with Gasteiger partial charge in [0.05, 0.1) is 6.10 Å². The first-order valence-corrected chi connectivity index (χ1v) is 6.12. The molecule has 0 saturated carbocycles. The van der Waals surface area contributed by atoms with Gasteiger partial charge in [0.2, 0.25) is 0 Å². The van der Waals surface area contributed by atoms with Crippen LogP contribution in [0, 0.1) is 12.7 Å². The Morgan fingerprint density at radius 2 is 1.83 bits per heavy atom. The van der Waals surface area contributed by atoms with Crippen LogP contribution in [0.2, 0.25) is 0 Å². The van der Waals surface area contributed by atoms with Gasteiger partial charge in [-0.05, 0) is 30.5 Å². The lowest BCUT2D eigenvalue weighted by Gasteiger charge is -2.11. The summed E-state index contributed by atoms with van der Waals surface area (Å²) in [4.78, 5) is 0. The number of benzene rings is 2. The summed E-state index contributed by atoms with van der Waals surface area (Å²) >= 11 is 0. The lowest BCUT2D eigenvalue weighted by atomic mass is 10.00. The molecule has 2 rings (SSSR count). The molecule has 0 aliphatic heterocycles. The molecule has 0 aliphatic rings. The summed E-state index contributed by atoms with van der Waals surface area (Å²) in [5.41, 5.74) is 2.82. The van der Waals surface area contributed by atoms with Gasteiger partial charge in [-0.3, -0.25) is 0 Å². The zero-order valence-electron chi connectivity index (χ0n) is 10.4. The van der Waals surface area contributed by atoms with Crippen molar-refractivity contribution in [3.05, 3.63) is 71.0 Å². The largest absolute Gasteiger partial charge is 0.392 e. The first-order chi connectivity index (χ1) is 8.65. The van der Waals surface area contributed by atoms with Crippen LogP contribution in [0.15, 0.2) is 48.5 Å². The van der Waals surface area contributed by atoms with Crippen molar-refractivity contribution >= 4 is 0 Å². The molecule has 0 spiro atoms. The minimum atomic E-state index is -0.552. The molecule has 1 unspecified atom stereocenters. The Hall–Kier alpha value is -1.67. The maximum Gasteiger partial charge on any atom is 0.126 e. The summed E-state index contributed by atoms with van der Waals surface area (Å²) in [6.07, 6.45) is 0.347. The quantitative estimate of drug-likeness (QED) is 0.875. The SMILES string of the molecule is Cc1cccc(CC(O)Cc2ccccc2F)c1. The van der Waals surface area contributed by atoms with Gasteiger partial charge in [-0.1, -0.05) is 48.0 Å².